The molecule has 0 aliphatic heterocycles. The van der Waals surface area contributed by atoms with Gasteiger partial charge in [-0.3, -0.25) is 4.79 Å². The number of rotatable bonds is 8. The van der Waals surface area contributed by atoms with Crippen LogP contribution >= 0.6 is 0 Å². The highest BCUT2D eigenvalue weighted by Crippen LogP contribution is 2.42. The molecular weight excluding hydrogens is 482 g/mol. The molecule has 1 amide bonds. The molecule has 4 rings (SSSR count). The molecule has 0 aliphatic rings. The molecular formula is C26H27N3O6S. The zero-order valence-electron chi connectivity index (χ0n) is 20.3. The van der Waals surface area contributed by atoms with Crippen LogP contribution in [0, 0.1) is 0 Å². The van der Waals surface area contributed by atoms with Gasteiger partial charge in [0, 0.05) is 36.3 Å². The van der Waals surface area contributed by atoms with Crippen LogP contribution in [0.1, 0.15) is 11.6 Å². The summed E-state index contributed by atoms with van der Waals surface area (Å²) in [6.07, 6.45) is 1.83. The summed E-state index contributed by atoms with van der Waals surface area (Å²) < 4.78 is 46.8. The number of carbonyl (C=O) groups excluding carboxylic acids is 1. The highest BCUT2D eigenvalue weighted by Gasteiger charge is 2.36. The number of amides is 1. The third kappa shape index (κ3) is 4.36. The second kappa shape index (κ2) is 9.92. The van der Waals surface area contributed by atoms with Crippen molar-refractivity contribution in [1.82, 2.24) is 4.57 Å². The zero-order chi connectivity index (χ0) is 26.0. The van der Waals surface area contributed by atoms with Gasteiger partial charge in [0.25, 0.3) is 15.9 Å². The van der Waals surface area contributed by atoms with E-state index in [9.17, 15) is 13.2 Å². The molecule has 4 aromatic rings. The van der Waals surface area contributed by atoms with Gasteiger partial charge in [-0.05, 0) is 29.8 Å². The molecule has 10 heteroatoms. The van der Waals surface area contributed by atoms with E-state index in [1.807, 2.05) is 17.8 Å². The first-order valence-electron chi connectivity index (χ1n) is 11.0. The van der Waals surface area contributed by atoms with E-state index in [-0.39, 0.29) is 27.8 Å². The fourth-order valence-corrected chi connectivity index (χ4v) is 5.48. The third-order valence-electron chi connectivity index (χ3n) is 5.90. The molecule has 1 heterocycles. The first-order valence-corrected chi connectivity index (χ1v) is 12.4. The van der Waals surface area contributed by atoms with Crippen molar-refractivity contribution in [2.45, 2.75) is 10.9 Å². The molecule has 0 saturated heterocycles. The van der Waals surface area contributed by atoms with Gasteiger partial charge in [-0.25, -0.2) is 12.7 Å². The number of hydrogen-bond acceptors (Lipinski definition) is 7. The van der Waals surface area contributed by atoms with Gasteiger partial charge in [0.2, 0.25) is 5.75 Å². The molecule has 0 fully saturated rings. The predicted octanol–water partition coefficient (Wildman–Crippen LogP) is 3.63. The average molecular weight is 510 g/mol. The summed E-state index contributed by atoms with van der Waals surface area (Å²) in [4.78, 5) is 13.7. The summed E-state index contributed by atoms with van der Waals surface area (Å²) in [7, 11) is 1.68. The monoisotopic (exact) mass is 509 g/mol. The molecule has 0 bridgehead atoms. The van der Waals surface area contributed by atoms with E-state index in [1.165, 1.54) is 45.6 Å². The smallest absolute Gasteiger partial charge is 0.270 e. The largest absolute Gasteiger partial charge is 0.493 e. The Labute approximate surface area is 209 Å². The minimum Gasteiger partial charge on any atom is -0.493 e. The van der Waals surface area contributed by atoms with E-state index in [0.717, 1.165) is 5.52 Å². The van der Waals surface area contributed by atoms with Crippen LogP contribution in [0.3, 0.4) is 0 Å². The van der Waals surface area contributed by atoms with Crippen molar-refractivity contribution in [2.75, 3.05) is 25.6 Å². The summed E-state index contributed by atoms with van der Waals surface area (Å²) >= 11 is 0. The van der Waals surface area contributed by atoms with Crippen molar-refractivity contribution in [2.24, 2.45) is 12.8 Å². The number of anilines is 1. The second-order valence-electron chi connectivity index (χ2n) is 8.03. The van der Waals surface area contributed by atoms with Crippen LogP contribution < -0.4 is 24.2 Å². The van der Waals surface area contributed by atoms with Crippen LogP contribution in [0.5, 0.6) is 17.2 Å². The van der Waals surface area contributed by atoms with Crippen LogP contribution in [0.15, 0.2) is 77.8 Å². The van der Waals surface area contributed by atoms with Crippen molar-refractivity contribution < 1.29 is 27.4 Å². The topological polar surface area (TPSA) is 113 Å². The number of aryl methyl sites for hydroxylation is 1. The molecule has 0 spiro atoms. The van der Waals surface area contributed by atoms with Crippen LogP contribution in [0.25, 0.3) is 10.9 Å². The Kier molecular flexibility index (Phi) is 6.91. The van der Waals surface area contributed by atoms with Gasteiger partial charge in [0.15, 0.2) is 11.5 Å². The third-order valence-corrected chi connectivity index (χ3v) is 7.62. The van der Waals surface area contributed by atoms with Gasteiger partial charge < -0.3 is 24.5 Å². The molecule has 1 aromatic heterocycles. The Morgan fingerprint density at radius 3 is 2.14 bits per heavy atom. The molecule has 0 saturated carbocycles. The van der Waals surface area contributed by atoms with E-state index >= 15 is 0 Å². The van der Waals surface area contributed by atoms with Crippen LogP contribution in [-0.4, -0.2) is 40.2 Å². The normalized spacial score (nSPS) is 12.2. The Morgan fingerprint density at radius 2 is 1.56 bits per heavy atom. The molecule has 0 radical (unpaired) electrons. The quantitative estimate of drug-likeness (QED) is 0.386. The summed E-state index contributed by atoms with van der Waals surface area (Å²) in [6.45, 7) is 0. The molecule has 188 valence electrons. The molecule has 1 unspecified atom stereocenters. The van der Waals surface area contributed by atoms with Crippen molar-refractivity contribution in [3.8, 4) is 17.2 Å². The molecule has 36 heavy (non-hydrogen) atoms. The molecule has 1 atom stereocenters. The number of hydrogen-bond donors (Lipinski definition) is 1. The number of fused-ring (bicyclic) bond motifs is 1. The van der Waals surface area contributed by atoms with Crippen LogP contribution in [0.2, 0.25) is 0 Å². The summed E-state index contributed by atoms with van der Waals surface area (Å²) in [6, 6.07) is 16.6. The van der Waals surface area contributed by atoms with Gasteiger partial charge in [-0.15, -0.1) is 0 Å². The molecule has 9 nitrogen and oxygen atoms in total. The maximum Gasteiger partial charge on any atom is 0.270 e. The Hall–Kier alpha value is -4.02. The zero-order valence-corrected chi connectivity index (χ0v) is 21.2. The van der Waals surface area contributed by atoms with Crippen LogP contribution in [-0.2, 0) is 21.9 Å². The first kappa shape index (κ1) is 25.1. The van der Waals surface area contributed by atoms with E-state index in [2.05, 4.69) is 0 Å². The summed E-state index contributed by atoms with van der Waals surface area (Å²) in [5.74, 6) is -0.214. The number of carbonyl (C=O) groups is 1. The maximum absolute atomic E-state index is 14.0. The SMILES string of the molecule is COc1cc(N(C(=O)C(N)c2ccccc2)S(=O)(=O)c2ccc3c(ccn3C)c2)cc(OC)c1OC. The van der Waals surface area contributed by atoms with E-state index in [4.69, 9.17) is 19.9 Å². The van der Waals surface area contributed by atoms with Gasteiger partial charge in [0.05, 0.1) is 31.9 Å². The second-order valence-corrected chi connectivity index (χ2v) is 9.81. The molecule has 3 aromatic carbocycles. The standard InChI is InChI=1S/C26H27N3O6S/c1-28-13-12-18-14-20(10-11-21(18)28)36(31,32)29(26(30)24(27)17-8-6-5-7-9-17)19-15-22(33-2)25(35-4)23(16-19)34-3/h5-16,24H,27H2,1-4H3. The average Bonchev–Trinajstić information content (AvgIpc) is 3.27. The van der Waals surface area contributed by atoms with Crippen molar-refractivity contribution in [3.05, 3.63) is 78.5 Å². The van der Waals surface area contributed by atoms with E-state index < -0.39 is 22.0 Å². The van der Waals surface area contributed by atoms with Crippen molar-refractivity contribution in [3.63, 3.8) is 0 Å². The van der Waals surface area contributed by atoms with Gasteiger partial charge >= 0.3 is 0 Å². The fraction of sp³-hybridized carbons (Fsp3) is 0.192. The predicted molar refractivity (Wildman–Crippen MR) is 137 cm³/mol. The minimum absolute atomic E-state index is 0.00552. The van der Waals surface area contributed by atoms with Gasteiger partial charge in [0.1, 0.15) is 6.04 Å². The van der Waals surface area contributed by atoms with Gasteiger partial charge in [-0.2, -0.15) is 0 Å². The van der Waals surface area contributed by atoms with Crippen molar-refractivity contribution in [1.29, 1.82) is 0 Å². The number of nitrogens with zero attached hydrogens (tertiary/aromatic N) is 2. The Morgan fingerprint density at radius 1 is 0.917 bits per heavy atom. The Bertz CT molecular complexity index is 1490. The number of ether oxygens (including phenoxy) is 3. The lowest BCUT2D eigenvalue weighted by Gasteiger charge is -2.27. The maximum atomic E-state index is 14.0. The molecule has 2 N–H and O–H groups in total. The number of methoxy groups -OCH3 is 3. The summed E-state index contributed by atoms with van der Waals surface area (Å²) in [5.41, 5.74) is 7.61. The lowest BCUT2D eigenvalue weighted by Crippen LogP contribution is -2.42. The fourth-order valence-electron chi connectivity index (χ4n) is 4.02. The van der Waals surface area contributed by atoms with E-state index in [0.29, 0.717) is 15.3 Å². The van der Waals surface area contributed by atoms with Crippen LogP contribution in [0.4, 0.5) is 5.69 Å². The number of benzene rings is 3. The summed E-state index contributed by atoms with van der Waals surface area (Å²) in [5, 5.41) is 0.711. The first-order chi connectivity index (χ1) is 17.2. The number of nitrogens with two attached hydrogens (primary N) is 1. The van der Waals surface area contributed by atoms with Crippen molar-refractivity contribution >= 4 is 32.5 Å². The Balaban J connectivity index is 1.93. The highest BCUT2D eigenvalue weighted by molar-refractivity contribution is 7.93. The molecule has 0 aliphatic carbocycles. The highest BCUT2D eigenvalue weighted by atomic mass is 32.2. The lowest BCUT2D eigenvalue weighted by atomic mass is 10.1. The van der Waals surface area contributed by atoms with E-state index in [1.54, 1.807) is 42.5 Å². The number of sulfonamides is 1. The minimum atomic E-state index is -4.42. The van der Waals surface area contributed by atoms with Gasteiger partial charge in [-0.1, -0.05) is 30.3 Å². The number of aromatic nitrogens is 1. The lowest BCUT2D eigenvalue weighted by molar-refractivity contribution is -0.118.